The standard InChI is InChI=1S/C18H27FN2/c1-3-4-5-6-7-18(21-12-10-20-11-13-21)16-9-8-15(2)14-17(16)19/h3,8-9,14,18,20H,1,4-7,10-13H2,2H3/t18-/m1/s1. The van der Waals surface area contributed by atoms with Crippen LogP contribution >= 0.6 is 0 Å². The van der Waals surface area contributed by atoms with Crippen LogP contribution in [0.1, 0.15) is 42.9 Å². The lowest BCUT2D eigenvalue weighted by Gasteiger charge is -2.35. The first-order valence-corrected chi connectivity index (χ1v) is 8.04. The normalized spacial score (nSPS) is 17.6. The Hall–Kier alpha value is -1.19. The summed E-state index contributed by atoms with van der Waals surface area (Å²) in [5, 5.41) is 3.37. The first-order chi connectivity index (χ1) is 10.2. The average Bonchev–Trinajstić information content (AvgIpc) is 2.49. The lowest BCUT2D eigenvalue weighted by molar-refractivity contribution is 0.160. The Morgan fingerprint density at radius 1 is 1.33 bits per heavy atom. The summed E-state index contributed by atoms with van der Waals surface area (Å²) in [5.41, 5.74) is 1.85. The van der Waals surface area contributed by atoms with Gasteiger partial charge in [0.15, 0.2) is 0 Å². The van der Waals surface area contributed by atoms with Crippen molar-refractivity contribution in [3.63, 3.8) is 0 Å². The highest BCUT2D eigenvalue weighted by Gasteiger charge is 2.24. The van der Waals surface area contributed by atoms with Gasteiger partial charge in [-0.2, -0.15) is 0 Å². The fourth-order valence-corrected chi connectivity index (χ4v) is 3.06. The fourth-order valence-electron chi connectivity index (χ4n) is 3.06. The maximum absolute atomic E-state index is 14.4. The van der Waals surface area contributed by atoms with E-state index < -0.39 is 0 Å². The Labute approximate surface area is 128 Å². The molecule has 2 rings (SSSR count). The summed E-state index contributed by atoms with van der Waals surface area (Å²) in [6.07, 6.45) is 6.29. The number of benzene rings is 1. The van der Waals surface area contributed by atoms with E-state index in [4.69, 9.17) is 0 Å². The molecule has 0 aliphatic carbocycles. The molecule has 21 heavy (non-hydrogen) atoms. The van der Waals surface area contributed by atoms with Crippen LogP contribution in [0.4, 0.5) is 4.39 Å². The topological polar surface area (TPSA) is 15.3 Å². The molecule has 1 N–H and O–H groups in total. The van der Waals surface area contributed by atoms with Crippen molar-refractivity contribution in [2.24, 2.45) is 0 Å². The molecule has 0 radical (unpaired) electrons. The van der Waals surface area contributed by atoms with E-state index in [1.54, 1.807) is 6.07 Å². The van der Waals surface area contributed by atoms with Crippen LogP contribution in [0, 0.1) is 12.7 Å². The van der Waals surface area contributed by atoms with Gasteiger partial charge in [0.2, 0.25) is 0 Å². The molecule has 1 aromatic carbocycles. The van der Waals surface area contributed by atoms with Gasteiger partial charge in [-0.25, -0.2) is 4.39 Å². The van der Waals surface area contributed by atoms with E-state index in [1.807, 2.05) is 25.1 Å². The predicted molar refractivity (Wildman–Crippen MR) is 87.0 cm³/mol. The van der Waals surface area contributed by atoms with Gasteiger partial charge in [-0.05, 0) is 37.8 Å². The molecular weight excluding hydrogens is 263 g/mol. The molecule has 1 heterocycles. The number of halogens is 1. The van der Waals surface area contributed by atoms with Crippen molar-refractivity contribution < 1.29 is 4.39 Å². The van der Waals surface area contributed by atoms with Gasteiger partial charge >= 0.3 is 0 Å². The monoisotopic (exact) mass is 290 g/mol. The highest BCUT2D eigenvalue weighted by Crippen LogP contribution is 2.29. The van der Waals surface area contributed by atoms with E-state index in [0.29, 0.717) is 0 Å². The number of aryl methyl sites for hydroxylation is 1. The number of piperazine rings is 1. The first kappa shape index (κ1) is 16.2. The molecule has 1 saturated heterocycles. The molecule has 3 heteroatoms. The Kier molecular flexibility index (Phi) is 6.40. The molecule has 0 unspecified atom stereocenters. The summed E-state index contributed by atoms with van der Waals surface area (Å²) >= 11 is 0. The molecule has 1 aliphatic rings. The highest BCUT2D eigenvalue weighted by atomic mass is 19.1. The molecule has 0 bridgehead atoms. The molecule has 2 nitrogen and oxygen atoms in total. The summed E-state index contributed by atoms with van der Waals surface area (Å²) in [7, 11) is 0. The lowest BCUT2D eigenvalue weighted by Crippen LogP contribution is -2.45. The van der Waals surface area contributed by atoms with Crippen molar-refractivity contribution in [1.29, 1.82) is 0 Å². The molecule has 1 fully saturated rings. The second-order valence-electron chi connectivity index (χ2n) is 5.90. The number of unbranched alkanes of at least 4 members (excludes halogenated alkanes) is 2. The minimum Gasteiger partial charge on any atom is -0.314 e. The van der Waals surface area contributed by atoms with Gasteiger partial charge < -0.3 is 5.32 Å². The summed E-state index contributed by atoms with van der Waals surface area (Å²) < 4.78 is 14.4. The summed E-state index contributed by atoms with van der Waals surface area (Å²) in [4.78, 5) is 2.43. The molecule has 1 atom stereocenters. The smallest absolute Gasteiger partial charge is 0.128 e. The molecule has 0 spiro atoms. The van der Waals surface area contributed by atoms with Crippen molar-refractivity contribution in [3.05, 3.63) is 47.8 Å². The van der Waals surface area contributed by atoms with E-state index in [2.05, 4.69) is 16.8 Å². The fraction of sp³-hybridized carbons (Fsp3) is 0.556. The Morgan fingerprint density at radius 2 is 2.10 bits per heavy atom. The van der Waals surface area contributed by atoms with Gasteiger partial charge in [-0.3, -0.25) is 4.90 Å². The van der Waals surface area contributed by atoms with Crippen molar-refractivity contribution in [2.45, 2.75) is 38.6 Å². The van der Waals surface area contributed by atoms with Crippen molar-refractivity contribution in [2.75, 3.05) is 26.2 Å². The molecule has 0 saturated carbocycles. The third-order valence-corrected chi connectivity index (χ3v) is 4.24. The minimum absolute atomic E-state index is 0.0535. The highest BCUT2D eigenvalue weighted by molar-refractivity contribution is 5.26. The van der Waals surface area contributed by atoms with Gasteiger partial charge in [-0.1, -0.05) is 24.6 Å². The van der Waals surface area contributed by atoms with Crippen LogP contribution in [-0.2, 0) is 0 Å². The van der Waals surface area contributed by atoms with Crippen molar-refractivity contribution in [1.82, 2.24) is 10.2 Å². The molecule has 0 aromatic heterocycles. The maximum atomic E-state index is 14.4. The van der Waals surface area contributed by atoms with E-state index in [0.717, 1.165) is 63.0 Å². The zero-order chi connectivity index (χ0) is 15.1. The van der Waals surface area contributed by atoms with E-state index >= 15 is 0 Å². The molecule has 1 aliphatic heterocycles. The quantitative estimate of drug-likeness (QED) is 0.606. The van der Waals surface area contributed by atoms with E-state index in [-0.39, 0.29) is 11.9 Å². The van der Waals surface area contributed by atoms with Gasteiger partial charge in [0, 0.05) is 37.8 Å². The van der Waals surface area contributed by atoms with Crippen LogP contribution in [0.2, 0.25) is 0 Å². The Morgan fingerprint density at radius 3 is 2.76 bits per heavy atom. The van der Waals surface area contributed by atoms with Gasteiger partial charge in [-0.15, -0.1) is 6.58 Å². The van der Waals surface area contributed by atoms with Crippen LogP contribution in [0.5, 0.6) is 0 Å². The minimum atomic E-state index is -0.0535. The number of hydrogen-bond acceptors (Lipinski definition) is 2. The second kappa shape index (κ2) is 8.30. The maximum Gasteiger partial charge on any atom is 0.128 e. The van der Waals surface area contributed by atoms with Crippen LogP contribution < -0.4 is 5.32 Å². The van der Waals surface area contributed by atoms with Crippen molar-refractivity contribution in [3.8, 4) is 0 Å². The van der Waals surface area contributed by atoms with Gasteiger partial charge in [0.25, 0.3) is 0 Å². The third-order valence-electron chi connectivity index (χ3n) is 4.24. The van der Waals surface area contributed by atoms with Gasteiger partial charge in [0.1, 0.15) is 5.82 Å². The van der Waals surface area contributed by atoms with E-state index in [1.165, 1.54) is 0 Å². The number of nitrogens with one attached hydrogen (secondary N) is 1. The zero-order valence-electron chi connectivity index (χ0n) is 13.1. The second-order valence-corrected chi connectivity index (χ2v) is 5.90. The van der Waals surface area contributed by atoms with Crippen LogP contribution in [0.3, 0.4) is 0 Å². The molecule has 0 amide bonds. The summed E-state index contributed by atoms with van der Waals surface area (Å²) in [5.74, 6) is -0.0535. The summed E-state index contributed by atoms with van der Waals surface area (Å²) in [6, 6.07) is 5.87. The summed E-state index contributed by atoms with van der Waals surface area (Å²) in [6.45, 7) is 9.70. The van der Waals surface area contributed by atoms with Crippen LogP contribution in [-0.4, -0.2) is 31.1 Å². The first-order valence-electron chi connectivity index (χ1n) is 8.04. The Balaban J connectivity index is 2.11. The molecule has 116 valence electrons. The number of nitrogens with zero attached hydrogens (tertiary/aromatic N) is 1. The number of hydrogen-bond donors (Lipinski definition) is 1. The van der Waals surface area contributed by atoms with Crippen LogP contribution in [0.25, 0.3) is 0 Å². The zero-order valence-corrected chi connectivity index (χ0v) is 13.1. The Bertz CT molecular complexity index is 453. The van der Waals surface area contributed by atoms with Crippen LogP contribution in [0.15, 0.2) is 30.9 Å². The predicted octanol–water partition coefficient (Wildman–Crippen LogP) is 3.83. The largest absolute Gasteiger partial charge is 0.314 e. The number of allylic oxidation sites excluding steroid dienone is 1. The van der Waals surface area contributed by atoms with E-state index in [9.17, 15) is 4.39 Å². The SMILES string of the molecule is C=CCCCC[C@H](c1ccc(C)cc1F)N1CCNCC1. The van der Waals surface area contributed by atoms with Gasteiger partial charge in [0.05, 0.1) is 0 Å². The molecular formula is C18H27FN2. The third kappa shape index (κ3) is 4.65. The number of rotatable bonds is 7. The molecule has 1 aromatic rings. The lowest BCUT2D eigenvalue weighted by atomic mass is 9.96. The van der Waals surface area contributed by atoms with Crippen molar-refractivity contribution >= 4 is 0 Å². The average molecular weight is 290 g/mol.